The number of H-pyrrole nitrogens is 1. The Labute approximate surface area is 128 Å². The molecule has 1 N–H and O–H groups in total. The summed E-state index contributed by atoms with van der Waals surface area (Å²) >= 11 is 5.38. The van der Waals surface area contributed by atoms with E-state index in [1.54, 1.807) is 7.11 Å². The van der Waals surface area contributed by atoms with Crippen molar-refractivity contribution in [3.8, 4) is 22.8 Å². The van der Waals surface area contributed by atoms with Crippen LogP contribution in [0.3, 0.4) is 0 Å². The van der Waals surface area contributed by atoms with Crippen molar-refractivity contribution in [2.75, 3.05) is 7.11 Å². The van der Waals surface area contributed by atoms with Crippen molar-refractivity contribution in [2.45, 2.75) is 6.92 Å². The van der Waals surface area contributed by atoms with Crippen molar-refractivity contribution in [3.05, 3.63) is 58.9 Å². The number of aromatic amines is 1. The second-order valence-electron chi connectivity index (χ2n) is 4.73. The molecule has 0 aliphatic carbocycles. The van der Waals surface area contributed by atoms with Crippen LogP contribution < -0.4 is 4.74 Å². The highest BCUT2D eigenvalue weighted by atomic mass is 32.1. The summed E-state index contributed by atoms with van der Waals surface area (Å²) in [7, 11) is 1.65. The minimum absolute atomic E-state index is 0.537. The molecule has 1 aromatic heterocycles. The van der Waals surface area contributed by atoms with Crippen LogP contribution in [0.15, 0.2) is 48.5 Å². The zero-order valence-electron chi connectivity index (χ0n) is 11.8. The predicted molar refractivity (Wildman–Crippen MR) is 85.5 cm³/mol. The van der Waals surface area contributed by atoms with Gasteiger partial charge >= 0.3 is 0 Å². The lowest BCUT2D eigenvalue weighted by molar-refractivity contribution is 0.413. The van der Waals surface area contributed by atoms with E-state index in [9.17, 15) is 0 Å². The van der Waals surface area contributed by atoms with Crippen molar-refractivity contribution in [3.63, 3.8) is 0 Å². The van der Waals surface area contributed by atoms with Crippen LogP contribution >= 0.6 is 12.2 Å². The first kappa shape index (κ1) is 13.6. The maximum atomic E-state index is 5.43. The molecule has 1 heterocycles. The van der Waals surface area contributed by atoms with Crippen LogP contribution in [0.2, 0.25) is 0 Å². The molecule has 0 spiro atoms. The van der Waals surface area contributed by atoms with Crippen molar-refractivity contribution in [1.29, 1.82) is 0 Å². The largest absolute Gasteiger partial charge is 0.495 e. The molecule has 21 heavy (non-hydrogen) atoms. The first-order valence-corrected chi connectivity index (χ1v) is 6.99. The summed E-state index contributed by atoms with van der Waals surface area (Å²) in [4.78, 5) is 0. The average Bonchev–Trinajstić information content (AvgIpc) is 2.89. The summed E-state index contributed by atoms with van der Waals surface area (Å²) in [6.07, 6.45) is 0. The lowest BCUT2D eigenvalue weighted by Gasteiger charge is -2.11. The number of rotatable bonds is 3. The van der Waals surface area contributed by atoms with Gasteiger partial charge in [0.15, 0.2) is 10.6 Å². The van der Waals surface area contributed by atoms with Crippen LogP contribution in [0.1, 0.15) is 5.56 Å². The Hall–Kier alpha value is -2.40. The van der Waals surface area contributed by atoms with Crippen LogP contribution in [0.5, 0.6) is 5.75 Å². The van der Waals surface area contributed by atoms with E-state index in [2.05, 4.69) is 29.3 Å². The molecule has 0 atom stereocenters. The Bertz CT molecular complexity index is 818. The standard InChI is InChI=1S/C16H15N3OS/c1-11-7-9-12(10-8-11)15-17-18-16(21)19(15)13-5-3-4-6-14(13)20-2/h3-10H,1-2H3,(H,18,21). The zero-order chi connectivity index (χ0) is 14.8. The molecule has 0 saturated carbocycles. The molecule has 0 fully saturated rings. The van der Waals surface area contributed by atoms with E-state index in [1.807, 2.05) is 41.0 Å². The zero-order valence-corrected chi connectivity index (χ0v) is 12.6. The summed E-state index contributed by atoms with van der Waals surface area (Å²) in [6, 6.07) is 15.9. The first-order valence-electron chi connectivity index (χ1n) is 6.58. The number of benzene rings is 2. The molecule has 0 amide bonds. The average molecular weight is 297 g/mol. The Balaban J connectivity index is 2.22. The molecular formula is C16H15N3OS. The monoisotopic (exact) mass is 297 g/mol. The smallest absolute Gasteiger partial charge is 0.200 e. The number of para-hydroxylation sites is 2. The molecule has 0 unspecified atom stereocenters. The number of hydrogen-bond donors (Lipinski definition) is 1. The van der Waals surface area contributed by atoms with Crippen molar-refractivity contribution in [2.24, 2.45) is 0 Å². The molecule has 0 bridgehead atoms. The van der Waals surface area contributed by atoms with Gasteiger partial charge in [-0.25, -0.2) is 0 Å². The number of ether oxygens (including phenoxy) is 1. The lowest BCUT2D eigenvalue weighted by Crippen LogP contribution is -2.00. The molecule has 0 radical (unpaired) electrons. The van der Waals surface area contributed by atoms with Crippen LogP contribution in [0, 0.1) is 11.7 Å². The van der Waals surface area contributed by atoms with Crippen LogP contribution in [0.25, 0.3) is 17.1 Å². The van der Waals surface area contributed by atoms with E-state index < -0.39 is 0 Å². The summed E-state index contributed by atoms with van der Waals surface area (Å²) in [5.74, 6) is 1.52. The second-order valence-corrected chi connectivity index (χ2v) is 5.11. The highest BCUT2D eigenvalue weighted by Gasteiger charge is 2.13. The van der Waals surface area contributed by atoms with E-state index in [0.717, 1.165) is 22.8 Å². The Kier molecular flexibility index (Phi) is 3.58. The van der Waals surface area contributed by atoms with Gasteiger partial charge in [0.25, 0.3) is 0 Å². The van der Waals surface area contributed by atoms with Gasteiger partial charge in [-0.05, 0) is 31.3 Å². The van der Waals surface area contributed by atoms with Gasteiger partial charge < -0.3 is 4.74 Å². The van der Waals surface area contributed by atoms with Gasteiger partial charge in [0, 0.05) is 5.56 Å². The minimum atomic E-state index is 0.537. The Morgan fingerprint density at radius 3 is 2.52 bits per heavy atom. The van der Waals surface area contributed by atoms with Crippen LogP contribution in [-0.2, 0) is 0 Å². The highest BCUT2D eigenvalue weighted by Crippen LogP contribution is 2.27. The number of hydrogen-bond acceptors (Lipinski definition) is 3. The summed E-state index contributed by atoms with van der Waals surface area (Å²) in [5.41, 5.74) is 3.07. The molecule has 0 saturated heterocycles. The summed E-state index contributed by atoms with van der Waals surface area (Å²) < 4.78 is 7.85. The van der Waals surface area contributed by atoms with Gasteiger partial charge in [0.05, 0.1) is 12.8 Å². The molecule has 4 nitrogen and oxygen atoms in total. The number of nitrogens with one attached hydrogen (secondary N) is 1. The van der Waals surface area contributed by atoms with Crippen LogP contribution in [0.4, 0.5) is 0 Å². The summed E-state index contributed by atoms with van der Waals surface area (Å²) in [5, 5.41) is 7.22. The second kappa shape index (κ2) is 5.54. The fourth-order valence-corrected chi connectivity index (χ4v) is 2.46. The van der Waals surface area contributed by atoms with Gasteiger partial charge in [0.1, 0.15) is 5.75 Å². The molecule has 0 aliphatic rings. The fraction of sp³-hybridized carbons (Fsp3) is 0.125. The maximum absolute atomic E-state index is 5.43. The van der Waals surface area contributed by atoms with E-state index >= 15 is 0 Å². The predicted octanol–water partition coefficient (Wildman–Crippen LogP) is 3.91. The summed E-state index contributed by atoms with van der Waals surface area (Å²) in [6.45, 7) is 2.06. The lowest BCUT2D eigenvalue weighted by atomic mass is 10.1. The maximum Gasteiger partial charge on any atom is 0.200 e. The minimum Gasteiger partial charge on any atom is -0.495 e. The van der Waals surface area contributed by atoms with Gasteiger partial charge in [-0.1, -0.05) is 42.0 Å². The van der Waals surface area contributed by atoms with Gasteiger partial charge in [-0.15, -0.1) is 0 Å². The van der Waals surface area contributed by atoms with Crippen molar-refractivity contribution >= 4 is 12.2 Å². The third kappa shape index (κ3) is 2.48. The molecule has 3 aromatic rings. The number of nitrogens with zero attached hydrogens (tertiary/aromatic N) is 2. The van der Waals surface area contributed by atoms with E-state index in [-0.39, 0.29) is 0 Å². The van der Waals surface area contributed by atoms with Gasteiger partial charge in [-0.3, -0.25) is 9.67 Å². The third-order valence-electron chi connectivity index (χ3n) is 3.31. The van der Waals surface area contributed by atoms with E-state index in [4.69, 9.17) is 17.0 Å². The third-order valence-corrected chi connectivity index (χ3v) is 3.58. The Morgan fingerprint density at radius 1 is 1.10 bits per heavy atom. The molecule has 106 valence electrons. The van der Waals surface area contributed by atoms with Gasteiger partial charge in [-0.2, -0.15) is 5.10 Å². The number of aromatic nitrogens is 3. The molecule has 0 aliphatic heterocycles. The van der Waals surface area contributed by atoms with Crippen LogP contribution in [-0.4, -0.2) is 21.9 Å². The quantitative estimate of drug-likeness (QED) is 0.745. The van der Waals surface area contributed by atoms with Crippen molar-refractivity contribution in [1.82, 2.24) is 14.8 Å². The molecular weight excluding hydrogens is 282 g/mol. The molecule has 5 heteroatoms. The number of methoxy groups -OCH3 is 1. The van der Waals surface area contributed by atoms with E-state index in [1.165, 1.54) is 5.56 Å². The number of aryl methyl sites for hydroxylation is 1. The topological polar surface area (TPSA) is 42.8 Å². The van der Waals surface area contributed by atoms with Gasteiger partial charge in [0.2, 0.25) is 0 Å². The highest BCUT2D eigenvalue weighted by molar-refractivity contribution is 7.71. The SMILES string of the molecule is COc1ccccc1-n1c(-c2ccc(C)cc2)n[nH]c1=S. The normalized spacial score (nSPS) is 10.6. The molecule has 2 aromatic carbocycles. The Morgan fingerprint density at radius 2 is 1.81 bits per heavy atom. The fourth-order valence-electron chi connectivity index (χ4n) is 2.23. The first-order chi connectivity index (χ1) is 10.2. The van der Waals surface area contributed by atoms with Crippen molar-refractivity contribution < 1.29 is 4.74 Å². The molecule has 3 rings (SSSR count). The van der Waals surface area contributed by atoms with E-state index in [0.29, 0.717) is 4.77 Å².